The standard InChI is InChI=1S/C11H21N3O2/c1-2-16-11(15)9-13-7-10(8-13)14-5-3-12-4-6-14/h10,12H,2-9H2,1H3. The molecule has 1 N–H and O–H groups in total. The molecule has 0 bridgehead atoms. The van der Waals surface area contributed by atoms with Crippen molar-refractivity contribution in [2.24, 2.45) is 0 Å². The lowest BCUT2D eigenvalue weighted by Gasteiger charge is -2.46. The molecule has 0 aromatic heterocycles. The van der Waals surface area contributed by atoms with Gasteiger partial charge in [0.05, 0.1) is 13.2 Å². The molecule has 0 saturated carbocycles. The first-order valence-electron chi connectivity index (χ1n) is 6.12. The summed E-state index contributed by atoms with van der Waals surface area (Å²) in [7, 11) is 0. The van der Waals surface area contributed by atoms with Crippen LogP contribution in [0.4, 0.5) is 0 Å². The topological polar surface area (TPSA) is 44.8 Å². The molecule has 2 aliphatic rings. The summed E-state index contributed by atoms with van der Waals surface area (Å²) in [5.41, 5.74) is 0. The maximum Gasteiger partial charge on any atom is 0.320 e. The van der Waals surface area contributed by atoms with Crippen LogP contribution in [0.5, 0.6) is 0 Å². The van der Waals surface area contributed by atoms with Crippen molar-refractivity contribution in [3.8, 4) is 0 Å². The number of hydrogen-bond acceptors (Lipinski definition) is 5. The van der Waals surface area contributed by atoms with Gasteiger partial charge in [0.1, 0.15) is 0 Å². The van der Waals surface area contributed by atoms with Crippen LogP contribution in [0.25, 0.3) is 0 Å². The van der Waals surface area contributed by atoms with Crippen LogP contribution in [0, 0.1) is 0 Å². The van der Waals surface area contributed by atoms with Crippen molar-refractivity contribution in [3.05, 3.63) is 0 Å². The van der Waals surface area contributed by atoms with Crippen LogP contribution in [0.1, 0.15) is 6.92 Å². The molecule has 0 atom stereocenters. The SMILES string of the molecule is CCOC(=O)CN1CC(N2CCNCC2)C1. The third kappa shape index (κ3) is 2.93. The number of hydrogen-bond donors (Lipinski definition) is 1. The molecule has 2 heterocycles. The summed E-state index contributed by atoms with van der Waals surface area (Å²) in [6.07, 6.45) is 0. The highest BCUT2D eigenvalue weighted by Gasteiger charge is 2.33. The first-order valence-corrected chi connectivity index (χ1v) is 6.12. The molecule has 0 aromatic rings. The lowest BCUT2D eigenvalue weighted by molar-refractivity contribution is -0.146. The van der Waals surface area contributed by atoms with E-state index in [2.05, 4.69) is 15.1 Å². The Morgan fingerprint density at radius 3 is 2.69 bits per heavy atom. The maximum atomic E-state index is 11.2. The Hall–Kier alpha value is -0.650. The Morgan fingerprint density at radius 1 is 1.38 bits per heavy atom. The van der Waals surface area contributed by atoms with E-state index >= 15 is 0 Å². The smallest absolute Gasteiger partial charge is 0.320 e. The zero-order chi connectivity index (χ0) is 11.4. The van der Waals surface area contributed by atoms with E-state index in [9.17, 15) is 4.79 Å². The number of ether oxygens (including phenoxy) is 1. The number of rotatable bonds is 4. The first-order chi connectivity index (χ1) is 7.79. The summed E-state index contributed by atoms with van der Waals surface area (Å²) < 4.78 is 4.92. The number of carbonyl (C=O) groups excluding carboxylic acids is 1. The molecule has 5 heteroatoms. The molecule has 16 heavy (non-hydrogen) atoms. The summed E-state index contributed by atoms with van der Waals surface area (Å²) >= 11 is 0. The van der Waals surface area contributed by atoms with Crippen molar-refractivity contribution in [1.29, 1.82) is 0 Å². The predicted molar refractivity (Wildman–Crippen MR) is 61.3 cm³/mol. The quantitative estimate of drug-likeness (QED) is 0.633. The average Bonchev–Trinajstić information content (AvgIpc) is 2.24. The number of piperazine rings is 1. The Balaban J connectivity index is 1.63. The van der Waals surface area contributed by atoms with Gasteiger partial charge in [0, 0.05) is 45.3 Å². The van der Waals surface area contributed by atoms with Crippen molar-refractivity contribution in [3.63, 3.8) is 0 Å². The number of nitrogens with one attached hydrogen (secondary N) is 1. The minimum Gasteiger partial charge on any atom is -0.465 e. The molecule has 0 aromatic carbocycles. The van der Waals surface area contributed by atoms with E-state index in [1.54, 1.807) is 0 Å². The summed E-state index contributed by atoms with van der Waals surface area (Å²) in [4.78, 5) is 15.9. The van der Waals surface area contributed by atoms with Crippen LogP contribution in [-0.4, -0.2) is 74.2 Å². The van der Waals surface area contributed by atoms with E-state index in [0.717, 1.165) is 39.3 Å². The fourth-order valence-electron chi connectivity index (χ4n) is 2.34. The van der Waals surface area contributed by atoms with Crippen molar-refractivity contribution >= 4 is 5.97 Å². The normalized spacial score (nSPS) is 24.1. The molecular formula is C11H21N3O2. The Labute approximate surface area is 96.7 Å². The van der Waals surface area contributed by atoms with E-state index in [0.29, 0.717) is 19.2 Å². The average molecular weight is 227 g/mol. The Morgan fingerprint density at radius 2 is 2.06 bits per heavy atom. The first kappa shape index (κ1) is 11.8. The van der Waals surface area contributed by atoms with Gasteiger partial charge in [-0.2, -0.15) is 0 Å². The van der Waals surface area contributed by atoms with Crippen molar-refractivity contribution < 1.29 is 9.53 Å². The van der Waals surface area contributed by atoms with Crippen LogP contribution in [-0.2, 0) is 9.53 Å². The Bertz CT molecular complexity index is 235. The van der Waals surface area contributed by atoms with Gasteiger partial charge in [-0.15, -0.1) is 0 Å². The molecule has 2 aliphatic heterocycles. The van der Waals surface area contributed by atoms with Gasteiger partial charge < -0.3 is 10.1 Å². The monoisotopic (exact) mass is 227 g/mol. The molecule has 0 amide bonds. The fourth-order valence-corrected chi connectivity index (χ4v) is 2.34. The summed E-state index contributed by atoms with van der Waals surface area (Å²) in [5, 5.41) is 3.35. The number of nitrogens with zero attached hydrogens (tertiary/aromatic N) is 2. The van der Waals surface area contributed by atoms with Gasteiger partial charge in [0.2, 0.25) is 0 Å². The van der Waals surface area contributed by atoms with Crippen molar-refractivity contribution in [2.45, 2.75) is 13.0 Å². The lowest BCUT2D eigenvalue weighted by Crippen LogP contribution is -2.63. The highest BCUT2D eigenvalue weighted by atomic mass is 16.5. The maximum absolute atomic E-state index is 11.2. The molecule has 2 fully saturated rings. The molecule has 5 nitrogen and oxygen atoms in total. The molecule has 0 unspecified atom stereocenters. The molecule has 92 valence electrons. The number of carbonyl (C=O) groups is 1. The van der Waals surface area contributed by atoms with Crippen LogP contribution >= 0.6 is 0 Å². The molecule has 0 radical (unpaired) electrons. The largest absolute Gasteiger partial charge is 0.465 e. The highest BCUT2D eigenvalue weighted by molar-refractivity contribution is 5.71. The van der Waals surface area contributed by atoms with Crippen molar-refractivity contribution in [1.82, 2.24) is 15.1 Å². The predicted octanol–water partition coefficient (Wildman–Crippen LogP) is -0.861. The van der Waals surface area contributed by atoms with Crippen molar-refractivity contribution in [2.75, 3.05) is 52.4 Å². The molecule has 2 rings (SSSR count). The van der Waals surface area contributed by atoms with Gasteiger partial charge in [0.25, 0.3) is 0 Å². The van der Waals surface area contributed by atoms with E-state index in [1.807, 2.05) is 6.92 Å². The van der Waals surface area contributed by atoms with Gasteiger partial charge >= 0.3 is 5.97 Å². The summed E-state index contributed by atoms with van der Waals surface area (Å²) in [5.74, 6) is -0.0961. The van der Waals surface area contributed by atoms with Gasteiger partial charge in [-0.05, 0) is 6.92 Å². The molecule has 0 aliphatic carbocycles. The lowest BCUT2D eigenvalue weighted by atomic mass is 10.1. The van der Waals surface area contributed by atoms with E-state index in [-0.39, 0.29) is 5.97 Å². The summed E-state index contributed by atoms with van der Waals surface area (Å²) in [6, 6.07) is 0.650. The fraction of sp³-hybridized carbons (Fsp3) is 0.909. The minimum atomic E-state index is -0.0961. The van der Waals surface area contributed by atoms with Gasteiger partial charge in [-0.3, -0.25) is 14.6 Å². The van der Waals surface area contributed by atoms with Crippen LogP contribution in [0.3, 0.4) is 0 Å². The zero-order valence-corrected chi connectivity index (χ0v) is 9.95. The molecule has 2 saturated heterocycles. The number of esters is 1. The number of likely N-dealkylation sites (tertiary alicyclic amines) is 1. The van der Waals surface area contributed by atoms with E-state index in [4.69, 9.17) is 4.74 Å². The van der Waals surface area contributed by atoms with E-state index in [1.165, 1.54) is 0 Å². The van der Waals surface area contributed by atoms with Crippen LogP contribution < -0.4 is 5.32 Å². The zero-order valence-electron chi connectivity index (χ0n) is 9.95. The third-order valence-electron chi connectivity index (χ3n) is 3.26. The third-order valence-corrected chi connectivity index (χ3v) is 3.26. The highest BCUT2D eigenvalue weighted by Crippen LogP contribution is 2.14. The second-order valence-electron chi connectivity index (χ2n) is 4.44. The molecule has 0 spiro atoms. The van der Waals surface area contributed by atoms with Crippen LogP contribution in [0.15, 0.2) is 0 Å². The Kier molecular flexibility index (Phi) is 4.15. The minimum absolute atomic E-state index is 0.0961. The van der Waals surface area contributed by atoms with E-state index < -0.39 is 0 Å². The van der Waals surface area contributed by atoms with Crippen LogP contribution in [0.2, 0.25) is 0 Å². The summed E-state index contributed by atoms with van der Waals surface area (Å²) in [6.45, 7) is 9.26. The van der Waals surface area contributed by atoms with Gasteiger partial charge in [0.15, 0.2) is 0 Å². The second kappa shape index (κ2) is 5.61. The second-order valence-corrected chi connectivity index (χ2v) is 4.44. The van der Waals surface area contributed by atoms with Gasteiger partial charge in [-0.1, -0.05) is 0 Å². The molecular weight excluding hydrogens is 206 g/mol. The van der Waals surface area contributed by atoms with Gasteiger partial charge in [-0.25, -0.2) is 0 Å².